The highest BCUT2D eigenvalue weighted by molar-refractivity contribution is 5.82. The first-order valence-corrected chi connectivity index (χ1v) is 10.6. The Balaban J connectivity index is 1.44. The molecule has 5 rings (SSSR count). The van der Waals surface area contributed by atoms with Gasteiger partial charge in [0.15, 0.2) is 17.4 Å². The smallest absolute Gasteiger partial charge is 0.168 e. The molecule has 1 N–H and O–H groups in total. The van der Waals surface area contributed by atoms with Gasteiger partial charge in [0.05, 0.1) is 24.5 Å². The van der Waals surface area contributed by atoms with E-state index in [1.165, 1.54) is 12.1 Å². The van der Waals surface area contributed by atoms with E-state index in [1.807, 2.05) is 6.07 Å². The number of nitrogens with one attached hydrogen (secondary N) is 1. The summed E-state index contributed by atoms with van der Waals surface area (Å²) >= 11 is 0. The van der Waals surface area contributed by atoms with Crippen LogP contribution in [0.2, 0.25) is 0 Å². The molecule has 0 aliphatic carbocycles. The average Bonchev–Trinajstić information content (AvgIpc) is 3.36. The van der Waals surface area contributed by atoms with Crippen molar-refractivity contribution in [1.82, 2.24) is 25.1 Å². The Morgan fingerprint density at radius 1 is 1.09 bits per heavy atom. The first-order chi connectivity index (χ1) is 16.1. The molecule has 33 heavy (non-hydrogen) atoms. The van der Waals surface area contributed by atoms with Crippen molar-refractivity contribution in [3.63, 3.8) is 0 Å². The first kappa shape index (κ1) is 21.2. The highest BCUT2D eigenvalue weighted by Gasteiger charge is 2.38. The molecule has 170 valence electrons. The lowest BCUT2D eigenvalue weighted by molar-refractivity contribution is -0.0290. The molecule has 1 fully saturated rings. The number of fused-ring (bicyclic) bond motifs is 1. The molecule has 4 aromatic rings. The lowest BCUT2D eigenvalue weighted by atomic mass is 9.91. The molecule has 4 heterocycles. The van der Waals surface area contributed by atoms with Crippen molar-refractivity contribution in [3.05, 3.63) is 60.7 Å². The third-order valence-electron chi connectivity index (χ3n) is 5.82. The van der Waals surface area contributed by atoms with Crippen molar-refractivity contribution < 1.29 is 18.3 Å². The Hall–Kier alpha value is -3.66. The zero-order valence-electron chi connectivity index (χ0n) is 18.0. The summed E-state index contributed by atoms with van der Waals surface area (Å²) in [5, 5.41) is 6.87. The van der Waals surface area contributed by atoms with Gasteiger partial charge in [0, 0.05) is 57.1 Å². The number of rotatable bonds is 6. The Kier molecular flexibility index (Phi) is 5.59. The van der Waals surface area contributed by atoms with E-state index in [4.69, 9.17) is 19.4 Å². The van der Waals surface area contributed by atoms with E-state index in [2.05, 4.69) is 20.1 Å². The normalized spacial score (nSPS) is 15.7. The van der Waals surface area contributed by atoms with Crippen molar-refractivity contribution >= 4 is 16.9 Å². The maximum absolute atomic E-state index is 14.3. The number of ether oxygens (including phenoxy) is 2. The van der Waals surface area contributed by atoms with Crippen LogP contribution in [0, 0.1) is 11.6 Å². The number of halogens is 2. The van der Waals surface area contributed by atoms with Gasteiger partial charge in [-0.1, -0.05) is 0 Å². The zero-order valence-corrected chi connectivity index (χ0v) is 18.0. The van der Waals surface area contributed by atoms with Crippen molar-refractivity contribution in [1.29, 1.82) is 0 Å². The molecule has 3 aromatic heterocycles. The minimum absolute atomic E-state index is 0.0129. The van der Waals surface area contributed by atoms with Crippen LogP contribution in [-0.2, 0) is 4.74 Å². The second-order valence-corrected chi connectivity index (χ2v) is 8.03. The van der Waals surface area contributed by atoms with E-state index >= 15 is 0 Å². The van der Waals surface area contributed by atoms with E-state index in [1.54, 1.807) is 31.9 Å². The monoisotopic (exact) mass is 452 g/mol. The molecule has 0 bridgehead atoms. The Morgan fingerprint density at radius 3 is 2.67 bits per heavy atom. The van der Waals surface area contributed by atoms with E-state index < -0.39 is 17.2 Å². The first-order valence-electron chi connectivity index (χ1n) is 10.6. The second-order valence-electron chi connectivity index (χ2n) is 8.03. The Labute approximate surface area is 188 Å². The molecule has 1 aromatic carbocycles. The van der Waals surface area contributed by atoms with Gasteiger partial charge in [-0.3, -0.25) is 10.1 Å². The fourth-order valence-corrected chi connectivity index (χ4v) is 4.15. The molecule has 0 atom stereocenters. The van der Waals surface area contributed by atoms with Gasteiger partial charge in [-0.2, -0.15) is 5.10 Å². The van der Waals surface area contributed by atoms with E-state index in [0.717, 1.165) is 23.0 Å². The molecule has 1 aliphatic rings. The SMILES string of the molecule is COCC1(Oc2ccc(F)cc2F)CCN(c2nc3ccncc3nc2-c2cn[nH]c2)CC1. The number of benzene rings is 1. The number of aromatic nitrogens is 5. The van der Waals surface area contributed by atoms with Gasteiger partial charge >= 0.3 is 0 Å². The summed E-state index contributed by atoms with van der Waals surface area (Å²) in [5.41, 5.74) is 2.22. The van der Waals surface area contributed by atoms with E-state index in [9.17, 15) is 8.78 Å². The van der Waals surface area contributed by atoms with Gasteiger partial charge in [0.1, 0.15) is 22.6 Å². The lowest BCUT2D eigenvalue weighted by Crippen LogP contribution is -2.51. The number of piperidine rings is 1. The maximum atomic E-state index is 14.3. The topological polar surface area (TPSA) is 89.1 Å². The molecular formula is C23H22F2N6O2. The number of anilines is 1. The van der Waals surface area contributed by atoms with Crippen molar-refractivity contribution in [3.8, 4) is 17.0 Å². The molecule has 0 unspecified atom stereocenters. The second kappa shape index (κ2) is 8.70. The molecule has 0 amide bonds. The van der Waals surface area contributed by atoms with Crippen LogP contribution in [0.4, 0.5) is 14.6 Å². The number of hydrogen-bond donors (Lipinski definition) is 1. The van der Waals surface area contributed by atoms with Crippen LogP contribution in [0.25, 0.3) is 22.3 Å². The van der Waals surface area contributed by atoms with Gasteiger partial charge in [-0.15, -0.1) is 0 Å². The molecule has 8 nitrogen and oxygen atoms in total. The van der Waals surface area contributed by atoms with Crippen LogP contribution < -0.4 is 9.64 Å². The number of H-pyrrole nitrogens is 1. The minimum Gasteiger partial charge on any atom is -0.482 e. The van der Waals surface area contributed by atoms with Gasteiger partial charge in [-0.05, 0) is 18.2 Å². The van der Waals surface area contributed by atoms with E-state index in [0.29, 0.717) is 37.1 Å². The minimum atomic E-state index is -0.742. The van der Waals surface area contributed by atoms with Crippen LogP contribution in [0.3, 0.4) is 0 Å². The van der Waals surface area contributed by atoms with Crippen molar-refractivity contribution in [2.45, 2.75) is 18.4 Å². The quantitative estimate of drug-likeness (QED) is 0.477. The van der Waals surface area contributed by atoms with Crippen molar-refractivity contribution in [2.75, 3.05) is 31.7 Å². The molecular weight excluding hydrogens is 430 g/mol. The third-order valence-corrected chi connectivity index (χ3v) is 5.82. The largest absolute Gasteiger partial charge is 0.482 e. The number of hydrogen-bond acceptors (Lipinski definition) is 7. The molecule has 0 spiro atoms. The van der Waals surface area contributed by atoms with Crippen LogP contribution in [0.5, 0.6) is 5.75 Å². The highest BCUT2D eigenvalue weighted by Crippen LogP contribution is 2.35. The Bertz CT molecular complexity index is 1260. The summed E-state index contributed by atoms with van der Waals surface area (Å²) in [6.07, 6.45) is 7.95. The third kappa shape index (κ3) is 4.21. The summed E-state index contributed by atoms with van der Waals surface area (Å²) in [4.78, 5) is 15.9. The predicted molar refractivity (Wildman–Crippen MR) is 118 cm³/mol. The molecule has 0 radical (unpaired) electrons. The standard InChI is InChI=1S/C23H22F2N6O2/c1-32-14-23(33-20-3-2-16(24)10-17(20)25)5-8-31(9-6-23)22-21(15-11-27-28-12-15)29-19-13-26-7-4-18(19)30-22/h2-4,7,10-13H,5-6,8-9,14H2,1H3,(H,27,28). The van der Waals surface area contributed by atoms with Crippen LogP contribution in [-0.4, -0.2) is 57.6 Å². The summed E-state index contributed by atoms with van der Waals surface area (Å²) in [5.74, 6) is -0.635. The summed E-state index contributed by atoms with van der Waals surface area (Å²) in [6, 6.07) is 5.14. The number of pyridine rings is 1. The van der Waals surface area contributed by atoms with Crippen LogP contribution in [0.1, 0.15) is 12.8 Å². The highest BCUT2D eigenvalue weighted by atomic mass is 19.1. The summed E-state index contributed by atoms with van der Waals surface area (Å²) < 4.78 is 39.1. The van der Waals surface area contributed by atoms with E-state index in [-0.39, 0.29) is 12.4 Å². The van der Waals surface area contributed by atoms with Gasteiger partial charge in [-0.25, -0.2) is 18.7 Å². The fourth-order valence-electron chi connectivity index (χ4n) is 4.15. The van der Waals surface area contributed by atoms with Crippen LogP contribution >= 0.6 is 0 Å². The van der Waals surface area contributed by atoms with Crippen molar-refractivity contribution in [2.24, 2.45) is 0 Å². The fraction of sp³-hybridized carbons (Fsp3) is 0.304. The van der Waals surface area contributed by atoms with Crippen LogP contribution in [0.15, 0.2) is 49.1 Å². The summed E-state index contributed by atoms with van der Waals surface area (Å²) in [7, 11) is 1.58. The summed E-state index contributed by atoms with van der Waals surface area (Å²) in [6.45, 7) is 1.45. The Morgan fingerprint density at radius 2 is 1.94 bits per heavy atom. The zero-order chi connectivity index (χ0) is 22.8. The average molecular weight is 452 g/mol. The van der Waals surface area contributed by atoms with Gasteiger partial charge < -0.3 is 14.4 Å². The molecule has 0 saturated carbocycles. The number of aromatic amines is 1. The van der Waals surface area contributed by atoms with Gasteiger partial charge in [0.2, 0.25) is 0 Å². The van der Waals surface area contributed by atoms with Gasteiger partial charge in [0.25, 0.3) is 0 Å². The molecule has 1 saturated heterocycles. The number of methoxy groups -OCH3 is 1. The maximum Gasteiger partial charge on any atom is 0.168 e. The lowest BCUT2D eigenvalue weighted by Gasteiger charge is -2.42. The molecule has 1 aliphatic heterocycles. The number of nitrogens with zero attached hydrogens (tertiary/aromatic N) is 5. The predicted octanol–water partition coefficient (Wildman–Crippen LogP) is 3.76. The molecule has 10 heteroatoms.